The highest BCUT2D eigenvalue weighted by Crippen LogP contribution is 2.21. The summed E-state index contributed by atoms with van der Waals surface area (Å²) in [6, 6.07) is -1.28. The predicted octanol–water partition coefficient (Wildman–Crippen LogP) is 0.531. The first kappa shape index (κ1) is 16.3. The summed E-state index contributed by atoms with van der Waals surface area (Å²) < 4.78 is 9.24. The van der Waals surface area contributed by atoms with Crippen LogP contribution >= 0.6 is 0 Å². The lowest BCUT2D eigenvalue weighted by atomic mass is 10.0. The molecule has 1 aliphatic heterocycles. The summed E-state index contributed by atoms with van der Waals surface area (Å²) in [7, 11) is 2.54. The fourth-order valence-electron chi connectivity index (χ4n) is 2.29. The smallest absolute Gasteiger partial charge is 0.407 e. The number of nitrogens with zero attached hydrogens (tertiary/aromatic N) is 1. The van der Waals surface area contributed by atoms with E-state index in [9.17, 15) is 14.4 Å². The molecule has 0 saturated carbocycles. The summed E-state index contributed by atoms with van der Waals surface area (Å²) >= 11 is 0. The molecule has 0 bridgehead atoms. The Morgan fingerprint density at radius 2 is 1.85 bits per heavy atom. The van der Waals surface area contributed by atoms with Gasteiger partial charge in [-0.1, -0.05) is 13.8 Å². The van der Waals surface area contributed by atoms with Gasteiger partial charge in [0.1, 0.15) is 12.1 Å². The molecule has 2 unspecified atom stereocenters. The van der Waals surface area contributed by atoms with Crippen molar-refractivity contribution in [3.05, 3.63) is 0 Å². The van der Waals surface area contributed by atoms with Gasteiger partial charge in [0, 0.05) is 6.54 Å². The minimum absolute atomic E-state index is 0.111. The highest BCUT2D eigenvalue weighted by Gasteiger charge is 2.39. The maximum atomic E-state index is 12.5. The molecule has 1 aliphatic rings. The number of esters is 1. The van der Waals surface area contributed by atoms with E-state index in [4.69, 9.17) is 4.74 Å². The van der Waals surface area contributed by atoms with E-state index in [0.29, 0.717) is 13.0 Å². The number of ether oxygens (including phenoxy) is 2. The Morgan fingerprint density at radius 3 is 2.35 bits per heavy atom. The van der Waals surface area contributed by atoms with Crippen LogP contribution in [-0.2, 0) is 19.1 Å². The van der Waals surface area contributed by atoms with Crippen LogP contribution in [0.4, 0.5) is 4.79 Å². The molecule has 1 rings (SSSR count). The van der Waals surface area contributed by atoms with Crippen molar-refractivity contribution in [3.63, 3.8) is 0 Å². The normalized spacial score (nSPS) is 19.6. The Bertz CT molecular complexity index is 379. The summed E-state index contributed by atoms with van der Waals surface area (Å²) in [4.78, 5) is 37.0. The average molecular weight is 286 g/mol. The first-order valence-corrected chi connectivity index (χ1v) is 6.65. The van der Waals surface area contributed by atoms with Crippen LogP contribution in [0.5, 0.6) is 0 Å². The molecule has 7 nitrogen and oxygen atoms in total. The van der Waals surface area contributed by atoms with Crippen molar-refractivity contribution in [1.29, 1.82) is 0 Å². The van der Waals surface area contributed by atoms with Crippen LogP contribution in [0.3, 0.4) is 0 Å². The van der Waals surface area contributed by atoms with Crippen LogP contribution in [-0.4, -0.2) is 55.7 Å². The van der Waals surface area contributed by atoms with Gasteiger partial charge in [-0.3, -0.25) is 4.79 Å². The van der Waals surface area contributed by atoms with E-state index in [1.54, 1.807) is 0 Å². The van der Waals surface area contributed by atoms with Crippen LogP contribution in [0.15, 0.2) is 0 Å². The Balaban J connectivity index is 2.83. The second kappa shape index (κ2) is 7.12. The lowest BCUT2D eigenvalue weighted by molar-refractivity contribution is -0.151. The maximum absolute atomic E-state index is 12.5. The van der Waals surface area contributed by atoms with Gasteiger partial charge < -0.3 is 19.7 Å². The number of alkyl carbamates (subject to hydrolysis) is 1. The highest BCUT2D eigenvalue weighted by molar-refractivity contribution is 5.90. The first-order valence-electron chi connectivity index (χ1n) is 6.65. The van der Waals surface area contributed by atoms with E-state index in [0.717, 1.165) is 6.42 Å². The summed E-state index contributed by atoms with van der Waals surface area (Å²) in [5, 5.41) is 2.52. The van der Waals surface area contributed by atoms with E-state index >= 15 is 0 Å². The lowest BCUT2D eigenvalue weighted by Gasteiger charge is -2.29. The summed E-state index contributed by atoms with van der Waals surface area (Å²) in [5.74, 6) is -0.810. The molecule has 1 heterocycles. The molecule has 0 aliphatic carbocycles. The molecule has 7 heteroatoms. The molecule has 1 N–H and O–H groups in total. The Hall–Kier alpha value is -1.79. The second-order valence-corrected chi connectivity index (χ2v) is 5.07. The number of carbonyl (C=O) groups excluding carboxylic acids is 3. The van der Waals surface area contributed by atoms with Crippen LogP contribution in [0, 0.1) is 5.92 Å². The third kappa shape index (κ3) is 3.61. The van der Waals surface area contributed by atoms with E-state index in [1.807, 2.05) is 13.8 Å². The minimum Gasteiger partial charge on any atom is -0.467 e. The van der Waals surface area contributed by atoms with Crippen molar-refractivity contribution in [2.24, 2.45) is 5.92 Å². The van der Waals surface area contributed by atoms with Gasteiger partial charge in [-0.2, -0.15) is 0 Å². The fraction of sp³-hybridized carbons (Fsp3) is 0.769. The second-order valence-electron chi connectivity index (χ2n) is 5.07. The van der Waals surface area contributed by atoms with Crippen molar-refractivity contribution >= 4 is 18.0 Å². The van der Waals surface area contributed by atoms with Gasteiger partial charge in [0.15, 0.2) is 0 Å². The first-order chi connectivity index (χ1) is 9.42. The summed E-state index contributed by atoms with van der Waals surface area (Å²) in [6.45, 7) is 4.13. The minimum atomic E-state index is -0.715. The molecule has 0 spiro atoms. The standard InChI is InChI=1S/C13H22N2O5/c1-8(2)10(14-13(18)20-4)11(16)15-7-5-6-9(15)12(17)19-3/h8-10H,5-7H2,1-4H3,(H,14,18). The third-order valence-corrected chi connectivity index (χ3v) is 3.40. The molecule has 0 aromatic rings. The number of nitrogens with one attached hydrogen (secondary N) is 1. The zero-order valence-electron chi connectivity index (χ0n) is 12.3. The summed E-state index contributed by atoms with van der Waals surface area (Å²) in [6.07, 6.45) is 0.668. The van der Waals surface area contributed by atoms with Crippen molar-refractivity contribution < 1.29 is 23.9 Å². The van der Waals surface area contributed by atoms with E-state index < -0.39 is 24.1 Å². The number of amides is 2. The Kier molecular flexibility index (Phi) is 5.79. The van der Waals surface area contributed by atoms with Gasteiger partial charge in [0.25, 0.3) is 0 Å². The van der Waals surface area contributed by atoms with Gasteiger partial charge in [-0.15, -0.1) is 0 Å². The molecule has 0 radical (unpaired) electrons. The topological polar surface area (TPSA) is 84.9 Å². The van der Waals surface area contributed by atoms with Crippen LogP contribution in [0.25, 0.3) is 0 Å². The van der Waals surface area contributed by atoms with E-state index in [-0.39, 0.29) is 11.8 Å². The molecule has 0 aromatic carbocycles. The zero-order chi connectivity index (χ0) is 15.3. The SMILES string of the molecule is COC(=O)NC(C(=O)N1CCCC1C(=O)OC)C(C)C. The van der Waals surface area contributed by atoms with Gasteiger partial charge in [-0.25, -0.2) is 9.59 Å². The number of hydrogen-bond donors (Lipinski definition) is 1. The van der Waals surface area contributed by atoms with Gasteiger partial charge in [0.2, 0.25) is 5.91 Å². The quantitative estimate of drug-likeness (QED) is 0.762. The molecule has 114 valence electrons. The number of likely N-dealkylation sites (tertiary alicyclic amines) is 1. The van der Waals surface area contributed by atoms with Crippen LogP contribution in [0.1, 0.15) is 26.7 Å². The monoisotopic (exact) mass is 286 g/mol. The number of hydrogen-bond acceptors (Lipinski definition) is 5. The molecule has 0 aromatic heterocycles. The third-order valence-electron chi connectivity index (χ3n) is 3.40. The number of carbonyl (C=O) groups is 3. The molecule has 1 saturated heterocycles. The van der Waals surface area contributed by atoms with Crippen LogP contribution < -0.4 is 5.32 Å². The lowest BCUT2D eigenvalue weighted by Crippen LogP contribution is -2.53. The largest absolute Gasteiger partial charge is 0.467 e. The molecule has 2 atom stereocenters. The van der Waals surface area contributed by atoms with Crippen molar-refractivity contribution in [2.75, 3.05) is 20.8 Å². The number of rotatable bonds is 4. The fourth-order valence-corrected chi connectivity index (χ4v) is 2.29. The van der Waals surface area contributed by atoms with E-state index in [1.165, 1.54) is 19.1 Å². The molecular weight excluding hydrogens is 264 g/mol. The number of methoxy groups -OCH3 is 2. The average Bonchev–Trinajstić information content (AvgIpc) is 2.91. The molecule has 2 amide bonds. The Labute approximate surface area is 118 Å². The predicted molar refractivity (Wildman–Crippen MR) is 70.9 cm³/mol. The summed E-state index contributed by atoms with van der Waals surface area (Å²) in [5.41, 5.74) is 0. The molecule has 1 fully saturated rings. The van der Waals surface area contributed by atoms with Gasteiger partial charge >= 0.3 is 12.1 Å². The molecular formula is C13H22N2O5. The van der Waals surface area contributed by atoms with Crippen LogP contribution in [0.2, 0.25) is 0 Å². The van der Waals surface area contributed by atoms with Gasteiger partial charge in [-0.05, 0) is 18.8 Å². The van der Waals surface area contributed by atoms with Crippen molar-refractivity contribution in [2.45, 2.75) is 38.8 Å². The Morgan fingerprint density at radius 1 is 1.20 bits per heavy atom. The zero-order valence-corrected chi connectivity index (χ0v) is 12.3. The highest BCUT2D eigenvalue weighted by atomic mass is 16.5. The van der Waals surface area contributed by atoms with Crippen molar-refractivity contribution in [1.82, 2.24) is 10.2 Å². The maximum Gasteiger partial charge on any atom is 0.407 e. The molecule has 20 heavy (non-hydrogen) atoms. The van der Waals surface area contributed by atoms with Gasteiger partial charge in [0.05, 0.1) is 14.2 Å². The van der Waals surface area contributed by atoms with Crippen molar-refractivity contribution in [3.8, 4) is 0 Å². The van der Waals surface area contributed by atoms with E-state index in [2.05, 4.69) is 10.1 Å².